The molecule has 0 atom stereocenters. The highest BCUT2D eigenvalue weighted by molar-refractivity contribution is 7.99. The summed E-state index contributed by atoms with van der Waals surface area (Å²) < 4.78 is 5.88. The molecule has 0 aromatic heterocycles. The van der Waals surface area contributed by atoms with Crippen LogP contribution in [-0.2, 0) is 6.54 Å². The molecule has 0 aliphatic rings. The van der Waals surface area contributed by atoms with Crippen LogP contribution >= 0.6 is 23.4 Å². The number of hydrogen-bond donors (Lipinski definition) is 1. The predicted octanol–water partition coefficient (Wildman–Crippen LogP) is 4.61. The third-order valence-corrected chi connectivity index (χ3v) is 4.01. The first-order chi connectivity index (χ1) is 9.63. The van der Waals surface area contributed by atoms with Gasteiger partial charge in [-0.3, -0.25) is 0 Å². The summed E-state index contributed by atoms with van der Waals surface area (Å²) in [4.78, 5) is 0. The number of rotatable bonds is 10. The van der Waals surface area contributed by atoms with Crippen LogP contribution in [0.5, 0.6) is 5.75 Å². The average Bonchev–Trinajstić information content (AvgIpc) is 2.40. The predicted molar refractivity (Wildman–Crippen MR) is 91.1 cm³/mol. The molecule has 0 saturated carbocycles. The quantitative estimate of drug-likeness (QED) is 0.637. The van der Waals surface area contributed by atoms with Crippen molar-refractivity contribution in [2.24, 2.45) is 5.92 Å². The first-order valence-corrected chi connectivity index (χ1v) is 8.86. The number of halogens is 1. The SMILES string of the molecule is CCSCCCOc1ccc(Cl)cc1CNCC(C)C. The van der Waals surface area contributed by atoms with Gasteiger partial charge in [0.05, 0.1) is 6.61 Å². The first-order valence-electron chi connectivity index (χ1n) is 7.33. The second kappa shape index (κ2) is 10.4. The second-order valence-electron chi connectivity index (χ2n) is 5.18. The van der Waals surface area contributed by atoms with E-state index >= 15 is 0 Å². The van der Waals surface area contributed by atoms with Crippen molar-refractivity contribution < 1.29 is 4.74 Å². The van der Waals surface area contributed by atoms with Crippen LogP contribution in [-0.4, -0.2) is 24.7 Å². The van der Waals surface area contributed by atoms with Gasteiger partial charge in [0.25, 0.3) is 0 Å². The maximum absolute atomic E-state index is 6.07. The molecule has 2 nitrogen and oxygen atoms in total. The third-order valence-electron chi connectivity index (χ3n) is 2.79. The molecule has 20 heavy (non-hydrogen) atoms. The van der Waals surface area contributed by atoms with Gasteiger partial charge >= 0.3 is 0 Å². The Kier molecular flexibility index (Phi) is 9.16. The van der Waals surface area contributed by atoms with Gasteiger partial charge in [-0.1, -0.05) is 32.4 Å². The van der Waals surface area contributed by atoms with Gasteiger partial charge in [-0.2, -0.15) is 11.8 Å². The van der Waals surface area contributed by atoms with E-state index in [0.29, 0.717) is 5.92 Å². The molecule has 0 aliphatic heterocycles. The molecule has 1 aromatic rings. The van der Waals surface area contributed by atoms with E-state index in [1.54, 1.807) is 0 Å². The molecule has 1 aromatic carbocycles. The number of benzene rings is 1. The van der Waals surface area contributed by atoms with Gasteiger partial charge in [-0.15, -0.1) is 0 Å². The van der Waals surface area contributed by atoms with Crippen LogP contribution in [0.3, 0.4) is 0 Å². The topological polar surface area (TPSA) is 21.3 Å². The zero-order valence-corrected chi connectivity index (χ0v) is 14.3. The molecule has 0 spiro atoms. The zero-order chi connectivity index (χ0) is 14.8. The Morgan fingerprint density at radius 1 is 1.35 bits per heavy atom. The summed E-state index contributed by atoms with van der Waals surface area (Å²) in [7, 11) is 0. The zero-order valence-electron chi connectivity index (χ0n) is 12.7. The number of nitrogens with one attached hydrogen (secondary N) is 1. The molecule has 0 amide bonds. The number of hydrogen-bond acceptors (Lipinski definition) is 3. The van der Waals surface area contributed by atoms with E-state index in [1.165, 1.54) is 5.75 Å². The van der Waals surface area contributed by atoms with Gasteiger partial charge in [0.15, 0.2) is 0 Å². The molecule has 4 heteroatoms. The van der Waals surface area contributed by atoms with Crippen LogP contribution in [0.2, 0.25) is 5.02 Å². The van der Waals surface area contributed by atoms with Crippen LogP contribution in [0.15, 0.2) is 18.2 Å². The Balaban J connectivity index is 2.47. The van der Waals surface area contributed by atoms with Gasteiger partial charge in [-0.25, -0.2) is 0 Å². The van der Waals surface area contributed by atoms with E-state index in [-0.39, 0.29) is 0 Å². The van der Waals surface area contributed by atoms with E-state index in [4.69, 9.17) is 16.3 Å². The second-order valence-corrected chi connectivity index (χ2v) is 7.01. The minimum Gasteiger partial charge on any atom is -0.493 e. The molecular weight excluding hydrogens is 290 g/mol. The minimum absolute atomic E-state index is 0.643. The molecule has 0 bridgehead atoms. The molecule has 0 saturated heterocycles. The number of thioether (sulfide) groups is 1. The molecule has 0 radical (unpaired) electrons. The molecule has 1 N–H and O–H groups in total. The van der Waals surface area contributed by atoms with Gasteiger partial charge < -0.3 is 10.1 Å². The van der Waals surface area contributed by atoms with Crippen LogP contribution in [0, 0.1) is 5.92 Å². The van der Waals surface area contributed by atoms with E-state index in [1.807, 2.05) is 30.0 Å². The lowest BCUT2D eigenvalue weighted by Crippen LogP contribution is -2.19. The highest BCUT2D eigenvalue weighted by Crippen LogP contribution is 2.23. The Bertz CT molecular complexity index is 385. The summed E-state index contributed by atoms with van der Waals surface area (Å²) in [5, 5.41) is 4.20. The molecule has 0 fully saturated rings. The summed E-state index contributed by atoms with van der Waals surface area (Å²) in [6.45, 7) is 9.16. The van der Waals surface area contributed by atoms with Crippen LogP contribution < -0.4 is 10.1 Å². The van der Waals surface area contributed by atoms with Crippen molar-refractivity contribution in [3.8, 4) is 5.75 Å². The smallest absolute Gasteiger partial charge is 0.123 e. The van der Waals surface area contributed by atoms with Crippen LogP contribution in [0.4, 0.5) is 0 Å². The van der Waals surface area contributed by atoms with Crippen molar-refractivity contribution >= 4 is 23.4 Å². The van der Waals surface area contributed by atoms with Gasteiger partial charge in [0.2, 0.25) is 0 Å². The Hall–Kier alpha value is -0.380. The summed E-state index contributed by atoms with van der Waals surface area (Å²) in [6, 6.07) is 5.86. The van der Waals surface area contributed by atoms with E-state index < -0.39 is 0 Å². The molecule has 0 heterocycles. The standard InChI is InChI=1S/C16H26ClNOS/c1-4-20-9-5-8-19-16-7-6-15(17)10-14(16)12-18-11-13(2)3/h6-7,10,13,18H,4-5,8-9,11-12H2,1-3H3. The van der Waals surface area contributed by atoms with Crippen molar-refractivity contribution in [2.75, 3.05) is 24.7 Å². The normalized spacial score (nSPS) is 11.1. The number of ether oxygens (including phenoxy) is 1. The highest BCUT2D eigenvalue weighted by Gasteiger charge is 2.05. The van der Waals surface area contributed by atoms with Gasteiger partial charge in [0, 0.05) is 17.1 Å². The highest BCUT2D eigenvalue weighted by atomic mass is 35.5. The lowest BCUT2D eigenvalue weighted by Gasteiger charge is -2.13. The molecule has 0 aliphatic carbocycles. The Morgan fingerprint density at radius 2 is 2.15 bits per heavy atom. The fraction of sp³-hybridized carbons (Fsp3) is 0.625. The average molecular weight is 316 g/mol. The minimum atomic E-state index is 0.643. The summed E-state index contributed by atoms with van der Waals surface area (Å²) >= 11 is 8.03. The van der Waals surface area contributed by atoms with Crippen LogP contribution in [0.1, 0.15) is 32.8 Å². The van der Waals surface area contributed by atoms with E-state index in [9.17, 15) is 0 Å². The third kappa shape index (κ3) is 7.41. The maximum atomic E-state index is 6.07. The van der Waals surface area contributed by atoms with Crippen LogP contribution in [0.25, 0.3) is 0 Å². The molecular formula is C16H26ClNOS. The monoisotopic (exact) mass is 315 g/mol. The van der Waals surface area contributed by atoms with Crippen molar-refractivity contribution in [3.63, 3.8) is 0 Å². The molecule has 1 rings (SSSR count). The summed E-state index contributed by atoms with van der Waals surface area (Å²) in [5.74, 6) is 3.92. The van der Waals surface area contributed by atoms with E-state index in [0.717, 1.165) is 48.2 Å². The lowest BCUT2D eigenvalue weighted by molar-refractivity contribution is 0.314. The maximum Gasteiger partial charge on any atom is 0.123 e. The van der Waals surface area contributed by atoms with Crippen molar-refractivity contribution in [1.29, 1.82) is 0 Å². The molecule has 114 valence electrons. The summed E-state index contributed by atoms with van der Waals surface area (Å²) in [5.41, 5.74) is 1.14. The Labute approximate surface area is 132 Å². The largest absolute Gasteiger partial charge is 0.493 e. The molecule has 0 unspecified atom stereocenters. The first kappa shape index (κ1) is 17.7. The fourth-order valence-corrected chi connectivity index (χ4v) is 2.62. The Morgan fingerprint density at radius 3 is 2.85 bits per heavy atom. The van der Waals surface area contributed by atoms with Gasteiger partial charge in [0.1, 0.15) is 5.75 Å². The summed E-state index contributed by atoms with van der Waals surface area (Å²) in [6.07, 6.45) is 1.08. The van der Waals surface area contributed by atoms with Crippen molar-refractivity contribution in [3.05, 3.63) is 28.8 Å². The lowest BCUT2D eigenvalue weighted by atomic mass is 10.2. The van der Waals surface area contributed by atoms with Crippen molar-refractivity contribution in [2.45, 2.75) is 33.7 Å². The fourth-order valence-electron chi connectivity index (χ4n) is 1.81. The van der Waals surface area contributed by atoms with E-state index in [2.05, 4.69) is 26.1 Å². The van der Waals surface area contributed by atoms with Crippen molar-refractivity contribution in [1.82, 2.24) is 5.32 Å². The van der Waals surface area contributed by atoms with Gasteiger partial charge in [-0.05, 0) is 48.6 Å².